The smallest absolute Gasteiger partial charge is 0.323 e. The largest absolute Gasteiger partial charge is 0.492 e. The van der Waals surface area contributed by atoms with E-state index in [9.17, 15) is 17.8 Å². The lowest BCUT2D eigenvalue weighted by Gasteiger charge is -2.24. The lowest BCUT2D eigenvalue weighted by molar-refractivity contribution is 0.262. The third-order valence-electron chi connectivity index (χ3n) is 8.08. The van der Waals surface area contributed by atoms with Gasteiger partial charge >= 0.3 is 6.03 Å². The zero-order valence-electron chi connectivity index (χ0n) is 30.5. The molecule has 12 nitrogen and oxygen atoms in total. The number of ether oxygens (including phenoxy) is 2. The van der Waals surface area contributed by atoms with Gasteiger partial charge in [0.25, 0.3) is 0 Å². The normalized spacial score (nSPS) is 12.8. The molecule has 0 saturated heterocycles. The van der Waals surface area contributed by atoms with Gasteiger partial charge in [-0.3, -0.25) is 9.29 Å². The second kappa shape index (κ2) is 15.2. The van der Waals surface area contributed by atoms with E-state index in [1.165, 1.54) is 7.11 Å². The van der Waals surface area contributed by atoms with Crippen molar-refractivity contribution < 1.29 is 31.8 Å². The molecule has 0 aliphatic rings. The molecule has 5 rings (SSSR count). The van der Waals surface area contributed by atoms with E-state index in [1.807, 2.05) is 77.1 Å². The number of nitrogens with one attached hydrogen (secondary N) is 4. The highest BCUT2D eigenvalue weighted by molar-refractivity contribution is 7.92. The average molecular weight is 746 g/mol. The highest BCUT2D eigenvalue weighted by atomic mass is 32.2. The van der Waals surface area contributed by atoms with E-state index < -0.39 is 23.4 Å². The predicted molar refractivity (Wildman–Crippen MR) is 210 cm³/mol. The van der Waals surface area contributed by atoms with Crippen molar-refractivity contribution >= 4 is 68.1 Å². The first kappa shape index (κ1) is 38.1. The van der Waals surface area contributed by atoms with Crippen LogP contribution in [0.5, 0.6) is 17.2 Å². The quantitative estimate of drug-likeness (QED) is 0.0916. The molecule has 0 bridgehead atoms. The number of nitrogens with zero attached hydrogens (tertiary/aromatic N) is 1. The summed E-state index contributed by atoms with van der Waals surface area (Å²) in [6, 6.07) is 23.0. The van der Waals surface area contributed by atoms with Gasteiger partial charge in [0, 0.05) is 40.7 Å². The maximum atomic E-state index is 13.5. The number of sulfonamides is 1. The van der Waals surface area contributed by atoms with E-state index in [1.54, 1.807) is 49.3 Å². The Balaban J connectivity index is 1.37. The van der Waals surface area contributed by atoms with Gasteiger partial charge in [0.1, 0.15) is 17.3 Å². The molecule has 4 aromatic carbocycles. The molecule has 0 spiro atoms. The van der Waals surface area contributed by atoms with Crippen LogP contribution in [0.3, 0.4) is 0 Å². The van der Waals surface area contributed by atoms with Gasteiger partial charge in [0.05, 0.1) is 37.0 Å². The summed E-state index contributed by atoms with van der Waals surface area (Å²) in [5.41, 5.74) is 3.08. The van der Waals surface area contributed by atoms with Gasteiger partial charge in [0.15, 0.2) is 5.75 Å². The van der Waals surface area contributed by atoms with Gasteiger partial charge in [0.2, 0.25) is 17.4 Å². The molecule has 14 heteroatoms. The monoisotopic (exact) mass is 745 g/mol. The molecule has 1 unspecified atom stereocenters. The number of anilines is 5. The molecular formula is C38H44N5O7PS. The molecular weight excluding hydrogens is 701 g/mol. The minimum atomic E-state index is -3.63. The van der Waals surface area contributed by atoms with Crippen molar-refractivity contribution in [2.24, 2.45) is 0 Å². The third-order valence-corrected chi connectivity index (χ3v) is 10.8. The zero-order chi connectivity index (χ0) is 37.8. The standard InChI is InChI=1S/C38H44N5O7PS/c1-9-49-51(7,45)34-17-14-26(20-24(34)2)40-35-23-27(18-19-39-35)50-33-16-15-30(28-12-10-11-13-29(28)33)41-37(44)42-31-21-25(38(3,4)5)22-32(36(31)48-6)43-52(8,46)47/h10-23,43H,9H2,1-8H3,(H,39,40)(H2,41,42,44). The van der Waals surface area contributed by atoms with Crippen molar-refractivity contribution in [3.8, 4) is 17.2 Å². The van der Waals surface area contributed by atoms with E-state index in [0.717, 1.165) is 33.8 Å². The lowest BCUT2D eigenvalue weighted by atomic mass is 9.86. The summed E-state index contributed by atoms with van der Waals surface area (Å²) in [4.78, 5) is 17.9. The van der Waals surface area contributed by atoms with Crippen LogP contribution in [0.4, 0.5) is 33.4 Å². The molecule has 274 valence electrons. The van der Waals surface area contributed by atoms with Crippen molar-refractivity contribution in [3.05, 3.63) is 96.2 Å². The summed E-state index contributed by atoms with van der Waals surface area (Å²) in [5.74, 6) is 1.82. The predicted octanol–water partition coefficient (Wildman–Crippen LogP) is 8.97. The van der Waals surface area contributed by atoms with Gasteiger partial charge in [-0.1, -0.05) is 45.0 Å². The molecule has 1 aromatic heterocycles. The van der Waals surface area contributed by atoms with Crippen LogP contribution < -0.4 is 35.5 Å². The second-order valence-electron chi connectivity index (χ2n) is 13.3. The fourth-order valence-corrected chi connectivity index (χ4v) is 7.95. The highest BCUT2D eigenvalue weighted by Gasteiger charge is 2.23. The maximum Gasteiger partial charge on any atom is 0.323 e. The van der Waals surface area contributed by atoms with Crippen LogP contribution in [-0.4, -0.2) is 46.1 Å². The van der Waals surface area contributed by atoms with Gasteiger partial charge in [-0.05, 0) is 78.9 Å². The molecule has 0 aliphatic carbocycles. The molecule has 5 aromatic rings. The van der Waals surface area contributed by atoms with E-state index in [-0.39, 0.29) is 16.9 Å². The molecule has 1 heterocycles. The fraction of sp³-hybridized carbons (Fsp3) is 0.263. The van der Waals surface area contributed by atoms with Crippen molar-refractivity contribution in [2.45, 2.75) is 40.0 Å². The zero-order valence-corrected chi connectivity index (χ0v) is 32.2. The van der Waals surface area contributed by atoms with Crippen LogP contribution >= 0.6 is 7.37 Å². The Morgan fingerprint density at radius 2 is 1.60 bits per heavy atom. The van der Waals surface area contributed by atoms with Crippen LogP contribution in [-0.2, 0) is 24.5 Å². The van der Waals surface area contributed by atoms with Crippen LogP contribution in [0.1, 0.15) is 38.8 Å². The number of benzene rings is 4. The molecule has 0 aliphatic heterocycles. The number of pyridine rings is 1. The Labute approximate surface area is 304 Å². The lowest BCUT2D eigenvalue weighted by Crippen LogP contribution is -2.22. The molecule has 52 heavy (non-hydrogen) atoms. The summed E-state index contributed by atoms with van der Waals surface area (Å²) in [6.07, 6.45) is 2.69. The van der Waals surface area contributed by atoms with Gasteiger partial charge in [-0.25, -0.2) is 18.2 Å². The SMILES string of the molecule is CCOP(C)(=O)c1ccc(Nc2cc(Oc3ccc(NC(=O)Nc4cc(C(C)(C)C)cc(NS(C)(=O)=O)c4OC)c4ccccc34)ccn2)cc1C. The minimum Gasteiger partial charge on any atom is -0.492 e. The maximum absolute atomic E-state index is 13.5. The number of aromatic nitrogens is 1. The van der Waals surface area contributed by atoms with Crippen LogP contribution in [0.2, 0.25) is 0 Å². The number of carbonyl (C=O) groups excluding carboxylic acids is 1. The molecule has 1 atom stereocenters. The summed E-state index contributed by atoms with van der Waals surface area (Å²) in [7, 11) is -5.14. The molecule has 0 radical (unpaired) electrons. The summed E-state index contributed by atoms with van der Waals surface area (Å²) in [6.45, 7) is 11.7. The number of hydrogen-bond acceptors (Lipinski definition) is 9. The number of carbonyl (C=O) groups is 1. The van der Waals surface area contributed by atoms with Gasteiger partial charge < -0.3 is 29.9 Å². The minimum absolute atomic E-state index is 0.175. The Bertz CT molecular complexity index is 2290. The van der Waals surface area contributed by atoms with E-state index in [2.05, 4.69) is 25.7 Å². The highest BCUT2D eigenvalue weighted by Crippen LogP contribution is 2.43. The summed E-state index contributed by atoms with van der Waals surface area (Å²) in [5, 5.41) is 11.2. The molecule has 2 amide bonds. The number of rotatable bonds is 12. The first-order valence-electron chi connectivity index (χ1n) is 16.5. The van der Waals surface area contributed by atoms with Crippen molar-refractivity contribution in [3.63, 3.8) is 0 Å². The number of amides is 2. The van der Waals surface area contributed by atoms with Crippen LogP contribution in [0, 0.1) is 6.92 Å². The van der Waals surface area contributed by atoms with Gasteiger partial charge in [-0.15, -0.1) is 0 Å². The van der Waals surface area contributed by atoms with Crippen molar-refractivity contribution in [1.82, 2.24) is 4.98 Å². The van der Waals surface area contributed by atoms with Crippen LogP contribution in [0.25, 0.3) is 10.8 Å². The number of methoxy groups -OCH3 is 1. The van der Waals surface area contributed by atoms with Gasteiger partial charge in [-0.2, -0.15) is 0 Å². The number of aryl methyl sites for hydroxylation is 1. The topological polar surface area (TPSA) is 157 Å². The van der Waals surface area contributed by atoms with E-state index in [4.69, 9.17) is 14.0 Å². The second-order valence-corrected chi connectivity index (χ2v) is 17.5. The Morgan fingerprint density at radius 3 is 2.25 bits per heavy atom. The third kappa shape index (κ3) is 9.22. The molecule has 4 N–H and O–H groups in total. The number of hydrogen-bond donors (Lipinski definition) is 4. The van der Waals surface area contributed by atoms with E-state index in [0.29, 0.717) is 40.6 Å². The fourth-order valence-electron chi connectivity index (χ4n) is 5.72. The Morgan fingerprint density at radius 1 is 0.904 bits per heavy atom. The first-order chi connectivity index (χ1) is 24.5. The Kier molecular flexibility index (Phi) is 11.2. The van der Waals surface area contributed by atoms with E-state index >= 15 is 0 Å². The molecule has 0 saturated carbocycles. The number of fused-ring (bicyclic) bond motifs is 1. The average Bonchev–Trinajstić information content (AvgIpc) is 3.05. The number of urea groups is 1. The molecule has 0 fully saturated rings. The first-order valence-corrected chi connectivity index (χ1v) is 20.5. The van der Waals surface area contributed by atoms with Crippen molar-refractivity contribution in [2.75, 3.05) is 47.3 Å². The summed E-state index contributed by atoms with van der Waals surface area (Å²) < 4.78 is 57.1. The Hall–Kier alpha value is -5.10. The van der Waals surface area contributed by atoms with Crippen LogP contribution in [0.15, 0.2) is 85.1 Å². The van der Waals surface area contributed by atoms with Crippen molar-refractivity contribution in [1.29, 1.82) is 0 Å². The summed E-state index contributed by atoms with van der Waals surface area (Å²) >= 11 is 0.